The Bertz CT molecular complexity index is 486. The van der Waals surface area contributed by atoms with Crippen molar-refractivity contribution in [3.8, 4) is 0 Å². The van der Waals surface area contributed by atoms with E-state index in [1.54, 1.807) is 0 Å². The van der Waals surface area contributed by atoms with E-state index in [-0.39, 0.29) is 16.2 Å². The van der Waals surface area contributed by atoms with Crippen LogP contribution in [0, 0.1) is 0 Å². The Kier molecular flexibility index (Phi) is 8.84. The lowest BCUT2D eigenvalue weighted by atomic mass is 10.2. The van der Waals surface area contributed by atoms with E-state index in [0.717, 1.165) is 0 Å². The summed E-state index contributed by atoms with van der Waals surface area (Å²) in [5.41, 5.74) is -0.516. The highest BCUT2D eigenvalue weighted by Gasteiger charge is 2.41. The van der Waals surface area contributed by atoms with Crippen molar-refractivity contribution in [1.82, 2.24) is 5.32 Å². The highest BCUT2D eigenvalue weighted by molar-refractivity contribution is 6.74. The van der Waals surface area contributed by atoms with Crippen LogP contribution in [0.3, 0.4) is 0 Å². The fourth-order valence-corrected chi connectivity index (χ4v) is 4.13. The minimum atomic E-state index is -1.99. The molecule has 1 N–H and O–H groups in total. The molecule has 0 aromatic carbocycles. The molecule has 162 valence electrons. The van der Waals surface area contributed by atoms with Crippen molar-refractivity contribution in [3.05, 3.63) is 0 Å². The maximum Gasteiger partial charge on any atom is 0.407 e. The average Bonchev–Trinajstić information content (AvgIpc) is 2.37. The highest BCUT2D eigenvalue weighted by Crippen LogP contribution is 2.39. The van der Waals surface area contributed by atoms with Crippen LogP contribution < -0.4 is 5.32 Å². The van der Waals surface area contributed by atoms with Crippen molar-refractivity contribution in [1.29, 1.82) is 0 Å². The first-order valence-corrected chi connectivity index (χ1v) is 15.8. The Morgan fingerprint density at radius 3 is 1.67 bits per heavy atom. The molecule has 0 rings (SSSR count). The van der Waals surface area contributed by atoms with Crippen molar-refractivity contribution in [2.45, 2.75) is 110 Å². The Hall–Kier alpha value is -0.376. The molecule has 1 atom stereocenters. The monoisotopic (exact) mass is 419 g/mol. The second-order valence-electron chi connectivity index (χ2n) is 11.5. The molecule has 0 saturated carbocycles. The van der Waals surface area contributed by atoms with Gasteiger partial charge in [-0.1, -0.05) is 41.5 Å². The average molecular weight is 420 g/mol. The zero-order valence-corrected chi connectivity index (χ0v) is 22.1. The first-order valence-electron chi connectivity index (χ1n) is 9.97. The van der Waals surface area contributed by atoms with Crippen LogP contribution in [0.4, 0.5) is 4.79 Å². The van der Waals surface area contributed by atoms with Crippen LogP contribution in [0.15, 0.2) is 0 Å². The van der Waals surface area contributed by atoms with Crippen molar-refractivity contribution >= 4 is 22.7 Å². The molecule has 0 saturated heterocycles. The third-order valence-electron chi connectivity index (χ3n) is 5.58. The van der Waals surface area contributed by atoms with Gasteiger partial charge in [-0.15, -0.1) is 0 Å². The van der Waals surface area contributed by atoms with Crippen molar-refractivity contribution in [2.75, 3.05) is 13.2 Å². The topological polar surface area (TPSA) is 56.8 Å². The lowest BCUT2D eigenvalue weighted by molar-refractivity contribution is 0.0468. The minimum absolute atomic E-state index is 0.0914. The van der Waals surface area contributed by atoms with Gasteiger partial charge in [0.15, 0.2) is 16.6 Å². The van der Waals surface area contributed by atoms with Crippen molar-refractivity contribution < 1.29 is 18.4 Å². The maximum atomic E-state index is 12.1. The Labute approximate surface area is 170 Å². The van der Waals surface area contributed by atoms with Gasteiger partial charge in [-0.25, -0.2) is 4.79 Å². The number of nitrogens with one attached hydrogen (secondary N) is 1. The number of carbonyl (C=O) groups is 1. The highest BCUT2D eigenvalue weighted by atomic mass is 28.4. The lowest BCUT2D eigenvalue weighted by Crippen LogP contribution is -2.51. The van der Waals surface area contributed by atoms with Gasteiger partial charge in [0.05, 0.1) is 12.7 Å². The van der Waals surface area contributed by atoms with Gasteiger partial charge in [0, 0.05) is 6.54 Å². The van der Waals surface area contributed by atoms with Gasteiger partial charge < -0.3 is 18.9 Å². The zero-order valence-electron chi connectivity index (χ0n) is 20.1. The van der Waals surface area contributed by atoms with Crippen molar-refractivity contribution in [3.63, 3.8) is 0 Å². The molecule has 0 unspecified atom stereocenters. The summed E-state index contributed by atoms with van der Waals surface area (Å²) in [6.07, 6.45) is -0.605. The van der Waals surface area contributed by atoms with Gasteiger partial charge in [0.2, 0.25) is 0 Å². The summed E-state index contributed by atoms with van der Waals surface area (Å²) >= 11 is 0. The number of amides is 1. The largest absolute Gasteiger partial charge is 0.444 e. The Morgan fingerprint density at radius 1 is 0.852 bits per heavy atom. The SMILES string of the molecule is CC(C)(C)OC(=O)NC[C@H](CO[Si](C)(C)C(C)(C)C)O[Si](C)(C)C(C)(C)C. The van der Waals surface area contributed by atoms with Crippen LogP contribution in [0.2, 0.25) is 36.3 Å². The third kappa shape index (κ3) is 9.59. The molecule has 27 heavy (non-hydrogen) atoms. The van der Waals surface area contributed by atoms with E-state index in [0.29, 0.717) is 13.2 Å². The number of ether oxygens (including phenoxy) is 1. The second kappa shape index (κ2) is 8.97. The third-order valence-corrected chi connectivity index (χ3v) is 14.6. The zero-order chi connectivity index (χ0) is 21.9. The predicted octanol–water partition coefficient (Wildman–Crippen LogP) is 5.92. The predicted molar refractivity (Wildman–Crippen MR) is 119 cm³/mol. The van der Waals surface area contributed by atoms with Gasteiger partial charge in [-0.2, -0.15) is 0 Å². The molecule has 1 amide bonds. The normalized spacial score (nSPS) is 15.4. The van der Waals surface area contributed by atoms with Crippen molar-refractivity contribution in [2.24, 2.45) is 0 Å². The van der Waals surface area contributed by atoms with Gasteiger partial charge in [-0.05, 0) is 57.0 Å². The molecule has 0 aromatic heterocycles. The van der Waals surface area contributed by atoms with E-state index in [1.165, 1.54) is 0 Å². The van der Waals surface area contributed by atoms with Crippen LogP contribution in [0.25, 0.3) is 0 Å². The summed E-state index contributed by atoms with van der Waals surface area (Å²) in [6, 6.07) is 0. The molecule has 7 heteroatoms. The summed E-state index contributed by atoms with van der Waals surface area (Å²) in [4.78, 5) is 12.1. The number of carbonyl (C=O) groups excluding carboxylic acids is 1. The smallest absolute Gasteiger partial charge is 0.407 e. The molecule has 0 aliphatic carbocycles. The molecule has 0 radical (unpaired) electrons. The summed E-state index contributed by atoms with van der Waals surface area (Å²) in [6.45, 7) is 28.7. The molecule has 0 bridgehead atoms. The van der Waals surface area contributed by atoms with E-state index in [4.69, 9.17) is 13.6 Å². The fraction of sp³-hybridized carbons (Fsp3) is 0.950. The van der Waals surface area contributed by atoms with Gasteiger partial charge in [0.25, 0.3) is 0 Å². The first kappa shape index (κ1) is 26.6. The molecule has 0 aromatic rings. The summed E-state index contributed by atoms with van der Waals surface area (Å²) in [5, 5.41) is 3.08. The number of alkyl carbamates (subject to hydrolysis) is 1. The lowest BCUT2D eigenvalue weighted by Gasteiger charge is -2.41. The molecular weight excluding hydrogens is 374 g/mol. The van der Waals surface area contributed by atoms with Gasteiger partial charge in [0.1, 0.15) is 5.60 Å². The summed E-state index contributed by atoms with van der Waals surface area (Å²) < 4.78 is 18.3. The van der Waals surface area contributed by atoms with E-state index in [2.05, 4.69) is 73.0 Å². The molecule has 0 spiro atoms. The maximum absolute atomic E-state index is 12.1. The van der Waals surface area contributed by atoms with E-state index >= 15 is 0 Å². The van der Waals surface area contributed by atoms with Crippen LogP contribution in [0.1, 0.15) is 62.3 Å². The molecule has 5 nitrogen and oxygen atoms in total. The molecule has 0 heterocycles. The van der Waals surface area contributed by atoms with Gasteiger partial charge in [-0.3, -0.25) is 0 Å². The van der Waals surface area contributed by atoms with Crippen LogP contribution in [0.5, 0.6) is 0 Å². The van der Waals surface area contributed by atoms with E-state index in [1.807, 2.05) is 20.8 Å². The molecule has 0 aliphatic rings. The Morgan fingerprint density at radius 2 is 1.30 bits per heavy atom. The van der Waals surface area contributed by atoms with E-state index < -0.39 is 28.3 Å². The second-order valence-corrected chi connectivity index (χ2v) is 21.0. The molecular formula is C20H45NO4Si2. The quantitative estimate of drug-likeness (QED) is 0.520. The van der Waals surface area contributed by atoms with Crippen LogP contribution >= 0.6 is 0 Å². The number of hydrogen-bond acceptors (Lipinski definition) is 4. The minimum Gasteiger partial charge on any atom is -0.444 e. The summed E-state index contributed by atoms with van der Waals surface area (Å²) in [5.74, 6) is 0. The van der Waals surface area contributed by atoms with Gasteiger partial charge >= 0.3 is 6.09 Å². The first-order chi connectivity index (χ1) is 11.7. The molecule has 0 aliphatic heterocycles. The molecule has 0 fully saturated rings. The van der Waals surface area contributed by atoms with E-state index in [9.17, 15) is 4.79 Å². The van der Waals surface area contributed by atoms with Crippen LogP contribution in [-0.4, -0.2) is 47.6 Å². The standard InChI is InChI=1S/C20H45NO4Si2/c1-18(2,3)24-17(22)21-14-16(25-27(12,13)20(7,8)9)15-23-26(10,11)19(4,5)6/h16H,14-15H2,1-13H3,(H,21,22)/t16-/m1/s1. The van der Waals surface area contributed by atoms with Crippen LogP contribution in [-0.2, 0) is 13.6 Å². The number of hydrogen-bond donors (Lipinski definition) is 1. The summed E-state index contributed by atoms with van der Waals surface area (Å²) in [7, 11) is -3.88. The number of rotatable bonds is 7. The fourth-order valence-electron chi connectivity index (χ4n) is 1.76. The Balaban J connectivity index is 5.15.